The number of nitrogens with one attached hydrogen (secondary N) is 1. The van der Waals surface area contributed by atoms with Gasteiger partial charge in [0.2, 0.25) is 5.91 Å². The fourth-order valence-electron chi connectivity index (χ4n) is 3.71. The van der Waals surface area contributed by atoms with Crippen LogP contribution < -0.4 is 10.2 Å². The summed E-state index contributed by atoms with van der Waals surface area (Å²) >= 11 is 6.26. The minimum absolute atomic E-state index is 0.0525. The van der Waals surface area contributed by atoms with Crippen molar-refractivity contribution in [1.82, 2.24) is 5.32 Å². The van der Waals surface area contributed by atoms with Crippen LogP contribution in [0.25, 0.3) is 0 Å². The second-order valence-corrected chi connectivity index (χ2v) is 8.54. The van der Waals surface area contributed by atoms with E-state index in [0.717, 1.165) is 29.8 Å². The van der Waals surface area contributed by atoms with E-state index in [-0.39, 0.29) is 11.9 Å². The lowest BCUT2D eigenvalue weighted by atomic mass is 10.0. The number of fused-ring (bicyclic) bond motifs is 2. The van der Waals surface area contributed by atoms with Crippen LogP contribution in [0.2, 0.25) is 5.02 Å². The van der Waals surface area contributed by atoms with Crippen molar-refractivity contribution in [1.29, 1.82) is 0 Å². The Bertz CT molecular complexity index is 1180. The lowest BCUT2D eigenvalue weighted by molar-refractivity contribution is -0.137. The van der Waals surface area contributed by atoms with Gasteiger partial charge in [0, 0.05) is 36.2 Å². The summed E-state index contributed by atoms with van der Waals surface area (Å²) in [6, 6.07) is 13.8. The maximum absolute atomic E-state index is 13.2. The second-order valence-electron chi connectivity index (χ2n) is 8.10. The van der Waals surface area contributed by atoms with Gasteiger partial charge in [-0.15, -0.1) is 0 Å². The lowest BCUT2D eigenvalue weighted by Gasteiger charge is -2.25. The number of aliphatic carboxylic acids is 2. The Balaban J connectivity index is 0.000000550. The monoisotopic (exact) mass is 542 g/mol. The number of nitrogens with zero attached hydrogens (tertiary/aromatic N) is 1. The summed E-state index contributed by atoms with van der Waals surface area (Å²) in [6.45, 7) is 3.37. The molecule has 38 heavy (non-hydrogen) atoms. The summed E-state index contributed by atoms with van der Waals surface area (Å²) < 4.78 is 4.83. The van der Waals surface area contributed by atoms with Gasteiger partial charge in [-0.05, 0) is 62.1 Å². The third-order valence-corrected chi connectivity index (χ3v) is 5.58. The predicted octanol–water partition coefficient (Wildman–Crippen LogP) is 4.30. The molecule has 0 atom stereocenters. The number of anilines is 2. The molecule has 0 fully saturated rings. The maximum Gasteiger partial charge on any atom is 0.330 e. The van der Waals surface area contributed by atoms with Crippen molar-refractivity contribution in [3.8, 4) is 0 Å². The highest BCUT2D eigenvalue weighted by molar-refractivity contribution is 6.31. The quantitative estimate of drug-likeness (QED) is 0.230. The number of rotatable bonds is 10. The minimum atomic E-state index is -1.26. The fraction of sp³-hybridized carbons (Fsp3) is 0.286. The van der Waals surface area contributed by atoms with Crippen LogP contribution in [-0.4, -0.2) is 53.7 Å². The fourth-order valence-corrected chi connectivity index (χ4v) is 3.88. The summed E-state index contributed by atoms with van der Waals surface area (Å²) in [7, 11) is 0. The van der Waals surface area contributed by atoms with Gasteiger partial charge in [0.15, 0.2) is 0 Å². The summed E-state index contributed by atoms with van der Waals surface area (Å²) in [5.41, 5.74) is 4.11. The van der Waals surface area contributed by atoms with E-state index < -0.39 is 11.9 Å². The molecule has 202 valence electrons. The number of amides is 1. The number of para-hydroxylation sites is 1. The van der Waals surface area contributed by atoms with Crippen molar-refractivity contribution in [2.45, 2.75) is 32.6 Å². The van der Waals surface area contributed by atoms with Crippen molar-refractivity contribution < 1.29 is 34.1 Å². The van der Waals surface area contributed by atoms with E-state index in [1.165, 1.54) is 11.6 Å². The number of carboxylic acid groups (broad SMARTS) is 2. The number of hydrogen-bond acceptors (Lipinski definition) is 6. The average Bonchev–Trinajstić information content (AvgIpc) is 3.04. The molecule has 0 bridgehead atoms. The Morgan fingerprint density at radius 1 is 0.974 bits per heavy atom. The van der Waals surface area contributed by atoms with Crippen LogP contribution in [0, 0.1) is 0 Å². The van der Waals surface area contributed by atoms with Gasteiger partial charge in [-0.3, -0.25) is 9.69 Å². The predicted molar refractivity (Wildman–Crippen MR) is 145 cm³/mol. The van der Waals surface area contributed by atoms with Crippen molar-refractivity contribution >= 4 is 46.8 Å². The summed E-state index contributed by atoms with van der Waals surface area (Å²) in [5.74, 6) is -2.80. The van der Waals surface area contributed by atoms with Crippen LogP contribution in [0.1, 0.15) is 30.9 Å². The third-order valence-electron chi connectivity index (χ3n) is 5.35. The molecule has 3 N–H and O–H groups in total. The van der Waals surface area contributed by atoms with Gasteiger partial charge in [-0.1, -0.05) is 41.9 Å². The minimum Gasteiger partial charge on any atom is -0.478 e. The highest BCUT2D eigenvalue weighted by Crippen LogP contribution is 2.38. The SMILES string of the molecule is CCOC(=O)/C=C/CNCCCC(=O)N1c2ccccc2CCc2ccc(Cl)cc21.O=C(O)/C=C\C(=O)O. The topological polar surface area (TPSA) is 133 Å². The number of carboxylic acids is 2. The van der Waals surface area contributed by atoms with E-state index in [1.807, 2.05) is 41.3 Å². The van der Waals surface area contributed by atoms with Gasteiger partial charge < -0.3 is 20.3 Å². The third kappa shape index (κ3) is 10.2. The van der Waals surface area contributed by atoms with E-state index in [4.69, 9.17) is 26.6 Å². The molecule has 2 aromatic rings. The molecule has 1 aliphatic rings. The molecule has 0 radical (unpaired) electrons. The van der Waals surface area contributed by atoms with Gasteiger partial charge in [0.25, 0.3) is 0 Å². The first-order chi connectivity index (χ1) is 18.2. The molecule has 0 spiro atoms. The van der Waals surface area contributed by atoms with Crippen LogP contribution in [0.4, 0.5) is 11.4 Å². The highest BCUT2D eigenvalue weighted by atomic mass is 35.5. The molecule has 0 saturated heterocycles. The number of ether oxygens (including phenoxy) is 1. The molecule has 1 amide bonds. The van der Waals surface area contributed by atoms with E-state index >= 15 is 0 Å². The number of halogens is 1. The Kier molecular flexibility index (Phi) is 12.8. The van der Waals surface area contributed by atoms with E-state index in [2.05, 4.69) is 11.4 Å². The summed E-state index contributed by atoms with van der Waals surface area (Å²) in [4.78, 5) is 45.4. The summed E-state index contributed by atoms with van der Waals surface area (Å²) in [5, 5.41) is 19.5. The first-order valence-corrected chi connectivity index (χ1v) is 12.5. The zero-order valence-electron chi connectivity index (χ0n) is 21.1. The van der Waals surface area contributed by atoms with Crippen molar-refractivity contribution in [2.75, 3.05) is 24.6 Å². The highest BCUT2D eigenvalue weighted by Gasteiger charge is 2.25. The molecule has 2 aromatic carbocycles. The van der Waals surface area contributed by atoms with Crippen LogP contribution in [0.5, 0.6) is 0 Å². The van der Waals surface area contributed by atoms with Crippen LogP contribution >= 0.6 is 11.6 Å². The van der Waals surface area contributed by atoms with Gasteiger partial charge in [-0.25, -0.2) is 14.4 Å². The average molecular weight is 543 g/mol. The number of aryl methyl sites for hydroxylation is 2. The van der Waals surface area contributed by atoms with Gasteiger partial charge >= 0.3 is 17.9 Å². The smallest absolute Gasteiger partial charge is 0.330 e. The van der Waals surface area contributed by atoms with Crippen LogP contribution in [0.3, 0.4) is 0 Å². The molecule has 0 unspecified atom stereocenters. The maximum atomic E-state index is 13.2. The number of esters is 1. The van der Waals surface area contributed by atoms with Crippen molar-refractivity contribution in [3.05, 3.63) is 82.9 Å². The van der Waals surface area contributed by atoms with E-state index in [0.29, 0.717) is 49.7 Å². The molecule has 1 heterocycles. The van der Waals surface area contributed by atoms with Gasteiger partial charge in [-0.2, -0.15) is 0 Å². The normalized spacial score (nSPS) is 12.2. The molecule has 3 rings (SSSR count). The Hall–Kier alpha value is -3.95. The van der Waals surface area contributed by atoms with Crippen molar-refractivity contribution in [2.24, 2.45) is 0 Å². The van der Waals surface area contributed by atoms with Gasteiger partial charge in [0.05, 0.1) is 18.0 Å². The van der Waals surface area contributed by atoms with Crippen LogP contribution in [-0.2, 0) is 36.8 Å². The van der Waals surface area contributed by atoms with Crippen molar-refractivity contribution in [3.63, 3.8) is 0 Å². The number of benzene rings is 2. The molecule has 9 nitrogen and oxygen atoms in total. The lowest BCUT2D eigenvalue weighted by Crippen LogP contribution is -2.27. The standard InChI is InChI=1S/C24H27ClN2O3.C4H4O4/c1-2-30-24(29)10-6-16-26-15-5-9-23(28)27-21-8-4-3-7-18(21)11-12-19-13-14-20(25)17-22(19)27;5-3(6)1-2-4(7)8/h3-4,6-8,10,13-14,17,26H,2,5,9,11-12,15-16H2,1H3;1-2H,(H,5,6)(H,7,8)/b10-6+;2-1-. The summed E-state index contributed by atoms with van der Waals surface area (Å²) in [6.07, 6.45) is 7.13. The van der Waals surface area contributed by atoms with E-state index in [9.17, 15) is 19.2 Å². The molecule has 0 saturated carbocycles. The Morgan fingerprint density at radius 3 is 2.29 bits per heavy atom. The molecule has 10 heteroatoms. The first-order valence-electron chi connectivity index (χ1n) is 12.1. The second kappa shape index (κ2) is 16.0. The zero-order chi connectivity index (χ0) is 27.9. The van der Waals surface area contributed by atoms with E-state index in [1.54, 1.807) is 13.0 Å². The van der Waals surface area contributed by atoms with Gasteiger partial charge in [0.1, 0.15) is 0 Å². The largest absolute Gasteiger partial charge is 0.478 e. The first kappa shape index (κ1) is 30.3. The molecule has 0 aromatic heterocycles. The molecular weight excluding hydrogens is 512 g/mol. The van der Waals surface area contributed by atoms with Crippen LogP contribution in [0.15, 0.2) is 66.8 Å². The Morgan fingerprint density at radius 2 is 1.63 bits per heavy atom. The number of carbonyl (C=O) groups excluding carboxylic acids is 2. The number of hydrogen-bond donors (Lipinski definition) is 3. The number of carbonyl (C=O) groups is 4. The molecule has 1 aliphatic heterocycles. The zero-order valence-corrected chi connectivity index (χ0v) is 21.8. The molecule has 0 aliphatic carbocycles. The molecular formula is C28H31ClN2O7. The Labute approximate surface area is 226 Å².